The zero-order valence-corrected chi connectivity index (χ0v) is 19.2. The summed E-state index contributed by atoms with van der Waals surface area (Å²) in [6.07, 6.45) is 4.50. The molecule has 3 heterocycles. The van der Waals surface area contributed by atoms with Crippen LogP contribution in [0.25, 0.3) is 0 Å². The van der Waals surface area contributed by atoms with E-state index < -0.39 is 35.4 Å². The summed E-state index contributed by atoms with van der Waals surface area (Å²) in [5.74, 6) is -2.04. The molecule has 35 heavy (non-hydrogen) atoms. The Morgan fingerprint density at radius 3 is 2.66 bits per heavy atom. The second-order valence-corrected chi connectivity index (χ2v) is 9.54. The maximum atomic E-state index is 13.7. The highest BCUT2D eigenvalue weighted by Crippen LogP contribution is 2.38. The van der Waals surface area contributed by atoms with E-state index in [1.807, 2.05) is 18.2 Å². The summed E-state index contributed by atoms with van der Waals surface area (Å²) in [5.41, 5.74) is 0.0921. The van der Waals surface area contributed by atoms with E-state index >= 15 is 0 Å². The number of hydrogen-bond donors (Lipinski definition) is 2. The molecule has 1 aromatic carbocycles. The number of carbonyl (C=O) groups excluding carboxylic acids is 2. The minimum Gasteiger partial charge on any atom is -0.446 e. The van der Waals surface area contributed by atoms with Gasteiger partial charge in [0.25, 0.3) is 0 Å². The molecule has 2 aliphatic heterocycles. The first-order valence-electron chi connectivity index (χ1n) is 11.9. The molecular weight excluding hydrogens is 458 g/mol. The van der Waals surface area contributed by atoms with Gasteiger partial charge in [-0.1, -0.05) is 12.1 Å². The molecule has 1 aromatic heterocycles. The van der Waals surface area contributed by atoms with Gasteiger partial charge in [0.15, 0.2) is 11.6 Å². The van der Waals surface area contributed by atoms with E-state index in [-0.39, 0.29) is 12.6 Å². The molecule has 2 aromatic rings. The molecule has 8 nitrogen and oxygen atoms in total. The van der Waals surface area contributed by atoms with E-state index in [0.29, 0.717) is 36.7 Å². The van der Waals surface area contributed by atoms with Crippen LogP contribution in [0.2, 0.25) is 0 Å². The lowest BCUT2D eigenvalue weighted by molar-refractivity contribution is -0.0257. The van der Waals surface area contributed by atoms with Gasteiger partial charge in [0.05, 0.1) is 5.69 Å². The molecule has 0 radical (unpaired) electrons. The van der Waals surface area contributed by atoms with Gasteiger partial charge in [-0.2, -0.15) is 0 Å². The number of amides is 3. The molecule has 186 valence electrons. The van der Waals surface area contributed by atoms with Crippen LogP contribution in [0.4, 0.5) is 18.4 Å². The molecule has 5 rings (SSSR count). The Balaban J connectivity index is 1.17. The van der Waals surface area contributed by atoms with Crippen LogP contribution < -0.4 is 5.32 Å². The summed E-state index contributed by atoms with van der Waals surface area (Å²) < 4.78 is 32.1. The van der Waals surface area contributed by atoms with Crippen LogP contribution in [0.15, 0.2) is 42.6 Å². The molecule has 2 saturated heterocycles. The van der Waals surface area contributed by atoms with Gasteiger partial charge in [-0.3, -0.25) is 9.88 Å². The third-order valence-corrected chi connectivity index (χ3v) is 7.41. The lowest BCUT2D eigenvalue weighted by Gasteiger charge is -2.39. The molecule has 0 unspecified atom stereocenters. The topological polar surface area (TPSA) is 95.0 Å². The summed E-state index contributed by atoms with van der Waals surface area (Å²) in [4.78, 5) is 32.8. The highest BCUT2D eigenvalue weighted by Gasteiger charge is 2.42. The Morgan fingerprint density at radius 2 is 1.94 bits per heavy atom. The van der Waals surface area contributed by atoms with Crippen LogP contribution >= 0.6 is 0 Å². The molecule has 3 fully saturated rings. The van der Waals surface area contributed by atoms with E-state index in [9.17, 15) is 23.5 Å². The minimum atomic E-state index is -1.05. The van der Waals surface area contributed by atoms with E-state index in [1.54, 1.807) is 6.20 Å². The fourth-order valence-electron chi connectivity index (χ4n) is 5.43. The number of urea groups is 1. The first-order valence-corrected chi connectivity index (χ1v) is 11.9. The minimum absolute atomic E-state index is 0.116. The van der Waals surface area contributed by atoms with Crippen molar-refractivity contribution in [2.45, 2.75) is 55.8 Å². The van der Waals surface area contributed by atoms with Crippen molar-refractivity contribution in [1.29, 1.82) is 0 Å². The Hall–Kier alpha value is -3.11. The number of rotatable bonds is 4. The normalized spacial score (nSPS) is 29.3. The van der Waals surface area contributed by atoms with Crippen LogP contribution in [-0.2, 0) is 10.3 Å². The molecule has 3 amide bonds. The van der Waals surface area contributed by atoms with Gasteiger partial charge < -0.3 is 15.2 Å². The Labute approximate surface area is 201 Å². The third kappa shape index (κ3) is 4.72. The molecule has 1 saturated carbocycles. The van der Waals surface area contributed by atoms with Crippen molar-refractivity contribution >= 4 is 12.1 Å². The van der Waals surface area contributed by atoms with Crippen molar-refractivity contribution in [2.75, 3.05) is 19.7 Å². The van der Waals surface area contributed by atoms with Crippen LogP contribution in [0, 0.1) is 11.6 Å². The largest absolute Gasteiger partial charge is 0.446 e. The average molecular weight is 487 g/mol. The van der Waals surface area contributed by atoms with Gasteiger partial charge >= 0.3 is 12.1 Å². The molecule has 2 N–H and O–H groups in total. The zero-order chi connectivity index (χ0) is 24.6. The average Bonchev–Trinajstić information content (AvgIpc) is 3.48. The molecular formula is C25H28F2N4O4. The lowest BCUT2D eigenvalue weighted by Crippen LogP contribution is -2.48. The van der Waals surface area contributed by atoms with Gasteiger partial charge in [0, 0.05) is 31.4 Å². The highest BCUT2D eigenvalue weighted by molar-refractivity contribution is 5.92. The van der Waals surface area contributed by atoms with Crippen molar-refractivity contribution in [3.05, 3.63) is 65.5 Å². The molecule has 0 spiro atoms. The summed E-state index contributed by atoms with van der Waals surface area (Å²) in [6.45, 7) is 1.32. The van der Waals surface area contributed by atoms with Crippen molar-refractivity contribution in [2.24, 2.45) is 0 Å². The first kappa shape index (κ1) is 23.6. The van der Waals surface area contributed by atoms with E-state index in [4.69, 9.17) is 4.74 Å². The number of aromatic nitrogens is 1. The van der Waals surface area contributed by atoms with Gasteiger partial charge in [0.1, 0.15) is 18.2 Å². The van der Waals surface area contributed by atoms with Crippen molar-refractivity contribution in [1.82, 2.24) is 20.1 Å². The fraction of sp³-hybridized carbons (Fsp3) is 0.480. The monoisotopic (exact) mass is 486 g/mol. The predicted molar refractivity (Wildman–Crippen MR) is 121 cm³/mol. The van der Waals surface area contributed by atoms with Gasteiger partial charge in [-0.25, -0.2) is 23.3 Å². The lowest BCUT2D eigenvalue weighted by atomic mass is 9.79. The highest BCUT2D eigenvalue weighted by atomic mass is 19.2. The fourth-order valence-corrected chi connectivity index (χ4v) is 5.43. The van der Waals surface area contributed by atoms with Crippen LogP contribution in [0.5, 0.6) is 0 Å². The number of nitrogens with zero attached hydrogens (tertiary/aromatic N) is 3. The number of carbonyl (C=O) groups is 2. The van der Waals surface area contributed by atoms with Crippen LogP contribution in [0.1, 0.15) is 49.4 Å². The third-order valence-electron chi connectivity index (χ3n) is 7.41. The standard InChI is InChI=1S/C25H28F2N4O4/c26-19-5-4-16(13-20(19)27)21-15-35-24(33)31(21)23(32)29-17-8-12-30(14-17)18-6-9-25(34,10-7-18)22-3-1-2-11-28-22/h1-5,11,13,17-18,21,34H,6-10,12,14-15H2,(H,29,32)/t17-,18-,21-,25-/m1/s1. The van der Waals surface area contributed by atoms with Crippen molar-refractivity contribution in [3.8, 4) is 0 Å². The number of benzene rings is 1. The molecule has 0 bridgehead atoms. The molecule has 3 aliphatic rings. The number of likely N-dealkylation sites (tertiary alicyclic amines) is 1. The Kier molecular flexibility index (Phi) is 6.41. The zero-order valence-electron chi connectivity index (χ0n) is 19.2. The maximum absolute atomic E-state index is 13.7. The van der Waals surface area contributed by atoms with E-state index in [0.717, 1.165) is 42.8 Å². The second kappa shape index (κ2) is 9.50. The first-order chi connectivity index (χ1) is 16.8. The van der Waals surface area contributed by atoms with Crippen LogP contribution in [0.3, 0.4) is 0 Å². The maximum Gasteiger partial charge on any atom is 0.418 e. The van der Waals surface area contributed by atoms with E-state index in [1.165, 1.54) is 6.07 Å². The number of cyclic esters (lactones) is 1. The summed E-state index contributed by atoms with van der Waals surface area (Å²) in [6, 6.07) is 7.58. The number of hydrogen-bond acceptors (Lipinski definition) is 6. The number of aliphatic hydroxyl groups is 1. The summed E-state index contributed by atoms with van der Waals surface area (Å²) in [5, 5.41) is 13.9. The van der Waals surface area contributed by atoms with Gasteiger partial charge in [-0.15, -0.1) is 0 Å². The number of ether oxygens (including phenoxy) is 1. The van der Waals surface area contributed by atoms with Crippen molar-refractivity contribution in [3.63, 3.8) is 0 Å². The quantitative estimate of drug-likeness (QED) is 0.687. The van der Waals surface area contributed by atoms with Gasteiger partial charge in [0.2, 0.25) is 0 Å². The Bertz CT molecular complexity index is 1090. The number of nitrogens with one attached hydrogen (secondary N) is 1. The molecule has 10 heteroatoms. The summed E-state index contributed by atoms with van der Waals surface area (Å²) >= 11 is 0. The van der Waals surface area contributed by atoms with Crippen LogP contribution in [-0.4, -0.2) is 63.8 Å². The number of imide groups is 1. The SMILES string of the molecule is O=C(N[C@@H]1CCN([C@H]2CC[C@@](O)(c3ccccn3)CC2)C1)N1C(=O)OC[C@@H]1c1ccc(F)c(F)c1. The molecule has 1 aliphatic carbocycles. The summed E-state index contributed by atoms with van der Waals surface area (Å²) in [7, 11) is 0. The van der Waals surface area contributed by atoms with Crippen molar-refractivity contribution < 1.29 is 28.2 Å². The number of pyridine rings is 1. The van der Waals surface area contributed by atoms with Gasteiger partial charge in [-0.05, 0) is 61.9 Å². The Morgan fingerprint density at radius 1 is 1.14 bits per heavy atom. The smallest absolute Gasteiger partial charge is 0.418 e. The molecule has 2 atom stereocenters. The second-order valence-electron chi connectivity index (χ2n) is 9.54. The predicted octanol–water partition coefficient (Wildman–Crippen LogP) is 3.47. The number of halogens is 2. The van der Waals surface area contributed by atoms with E-state index in [2.05, 4.69) is 15.2 Å².